The zero-order chi connectivity index (χ0) is 14.7. The molecule has 0 saturated carbocycles. The lowest BCUT2D eigenvalue weighted by Crippen LogP contribution is -2.13. The molecule has 0 bridgehead atoms. The third-order valence-electron chi connectivity index (χ3n) is 2.86. The van der Waals surface area contributed by atoms with E-state index in [1.165, 1.54) is 19.4 Å². The molecule has 20 heavy (non-hydrogen) atoms. The minimum atomic E-state index is -0.474. The first kappa shape index (κ1) is 13.7. The van der Waals surface area contributed by atoms with Crippen molar-refractivity contribution >= 4 is 17.4 Å². The number of nitrogens with two attached hydrogens (primary N) is 1. The molecule has 2 rings (SSSR count). The van der Waals surface area contributed by atoms with E-state index in [9.17, 15) is 9.90 Å². The molecule has 104 valence electrons. The van der Waals surface area contributed by atoms with E-state index in [0.29, 0.717) is 11.5 Å². The highest BCUT2D eigenvalue weighted by molar-refractivity contribution is 6.06. The van der Waals surface area contributed by atoms with Crippen molar-refractivity contribution in [3.05, 3.63) is 41.6 Å². The normalized spacial score (nSPS) is 10.1. The van der Waals surface area contributed by atoms with Crippen LogP contribution in [0.5, 0.6) is 11.5 Å². The number of amides is 1. The summed E-state index contributed by atoms with van der Waals surface area (Å²) in [7, 11) is 1.42. The van der Waals surface area contributed by atoms with Gasteiger partial charge >= 0.3 is 0 Å². The number of aromatic nitrogens is 1. The van der Waals surface area contributed by atoms with Crippen LogP contribution in [0.2, 0.25) is 0 Å². The molecule has 6 nitrogen and oxygen atoms in total. The second kappa shape index (κ2) is 5.48. The van der Waals surface area contributed by atoms with E-state index in [4.69, 9.17) is 10.5 Å². The Bertz CT molecular complexity index is 656. The first-order valence-electron chi connectivity index (χ1n) is 5.92. The van der Waals surface area contributed by atoms with Crippen LogP contribution < -0.4 is 15.8 Å². The number of phenolic OH excluding ortho intramolecular Hbond substituents is 1. The molecule has 0 radical (unpaired) electrons. The molecule has 0 aliphatic heterocycles. The molecule has 0 fully saturated rings. The highest BCUT2D eigenvalue weighted by Crippen LogP contribution is 2.29. The third-order valence-corrected chi connectivity index (χ3v) is 2.86. The van der Waals surface area contributed by atoms with Gasteiger partial charge in [-0.1, -0.05) is 6.07 Å². The molecule has 0 unspecified atom stereocenters. The SMILES string of the molecule is COc1cccc(C(=O)Nc2cc(C)c(N)cn2)c1O. The van der Waals surface area contributed by atoms with Gasteiger partial charge < -0.3 is 20.9 Å². The lowest BCUT2D eigenvalue weighted by Gasteiger charge is -2.09. The number of benzene rings is 1. The van der Waals surface area contributed by atoms with Crippen molar-refractivity contribution in [2.45, 2.75) is 6.92 Å². The number of nitrogens with one attached hydrogen (secondary N) is 1. The largest absolute Gasteiger partial charge is 0.504 e. The number of carbonyl (C=O) groups is 1. The summed E-state index contributed by atoms with van der Waals surface area (Å²) < 4.78 is 4.96. The number of nitrogen functional groups attached to an aromatic ring is 1. The van der Waals surface area contributed by atoms with E-state index in [0.717, 1.165) is 5.56 Å². The number of aryl methyl sites for hydroxylation is 1. The van der Waals surface area contributed by atoms with Crippen molar-refractivity contribution in [1.29, 1.82) is 0 Å². The summed E-state index contributed by atoms with van der Waals surface area (Å²) in [5.41, 5.74) is 7.13. The summed E-state index contributed by atoms with van der Waals surface area (Å²) in [4.78, 5) is 16.1. The van der Waals surface area contributed by atoms with Crippen molar-refractivity contribution in [2.75, 3.05) is 18.2 Å². The Morgan fingerprint density at radius 1 is 1.45 bits per heavy atom. The number of methoxy groups -OCH3 is 1. The summed E-state index contributed by atoms with van der Waals surface area (Å²) in [5.74, 6) is -0.0826. The summed E-state index contributed by atoms with van der Waals surface area (Å²) in [5, 5.41) is 12.5. The van der Waals surface area contributed by atoms with Gasteiger partial charge in [-0.3, -0.25) is 4.79 Å². The Hall–Kier alpha value is -2.76. The smallest absolute Gasteiger partial charge is 0.260 e. The average Bonchev–Trinajstić information content (AvgIpc) is 2.43. The van der Waals surface area contributed by atoms with Crippen LogP contribution in [0.15, 0.2) is 30.5 Å². The standard InChI is InChI=1S/C14H15N3O3/c1-8-6-12(16-7-10(8)15)17-14(19)9-4-3-5-11(20-2)13(9)18/h3-7,18H,15H2,1-2H3,(H,16,17,19). The van der Waals surface area contributed by atoms with Crippen molar-refractivity contribution in [3.8, 4) is 11.5 Å². The van der Waals surface area contributed by atoms with Crippen LogP contribution in [0.4, 0.5) is 11.5 Å². The predicted octanol–water partition coefficient (Wildman–Crippen LogP) is 1.94. The number of anilines is 2. The second-order valence-electron chi connectivity index (χ2n) is 4.24. The van der Waals surface area contributed by atoms with Gasteiger partial charge in [0.05, 0.1) is 24.6 Å². The van der Waals surface area contributed by atoms with E-state index in [2.05, 4.69) is 10.3 Å². The lowest BCUT2D eigenvalue weighted by atomic mass is 10.1. The lowest BCUT2D eigenvalue weighted by molar-refractivity contribution is 0.102. The van der Waals surface area contributed by atoms with Gasteiger partial charge in [0.2, 0.25) is 0 Å². The Labute approximate surface area is 116 Å². The summed E-state index contributed by atoms with van der Waals surface area (Å²) in [6.07, 6.45) is 1.47. The highest BCUT2D eigenvalue weighted by Gasteiger charge is 2.15. The molecule has 6 heteroatoms. The quantitative estimate of drug-likeness (QED) is 0.794. The van der Waals surface area contributed by atoms with Crippen LogP contribution in [-0.4, -0.2) is 23.1 Å². The Kier molecular flexibility index (Phi) is 3.74. The van der Waals surface area contributed by atoms with E-state index < -0.39 is 5.91 Å². The molecular formula is C14H15N3O3. The number of phenols is 1. The molecular weight excluding hydrogens is 258 g/mol. The summed E-state index contributed by atoms with van der Waals surface area (Å²) >= 11 is 0. The van der Waals surface area contributed by atoms with Crippen molar-refractivity contribution in [2.24, 2.45) is 0 Å². The fourth-order valence-corrected chi connectivity index (χ4v) is 1.69. The first-order chi connectivity index (χ1) is 9.52. The maximum absolute atomic E-state index is 12.1. The predicted molar refractivity (Wildman–Crippen MR) is 76.0 cm³/mol. The molecule has 0 aliphatic rings. The Morgan fingerprint density at radius 2 is 2.20 bits per heavy atom. The maximum atomic E-state index is 12.1. The number of para-hydroxylation sites is 1. The molecule has 0 spiro atoms. The number of ether oxygens (including phenoxy) is 1. The van der Waals surface area contributed by atoms with Gasteiger partial charge in [0.1, 0.15) is 5.82 Å². The zero-order valence-corrected chi connectivity index (χ0v) is 11.2. The summed E-state index contributed by atoms with van der Waals surface area (Å²) in [6, 6.07) is 6.34. The number of rotatable bonds is 3. The van der Waals surface area contributed by atoms with Crippen LogP contribution in [-0.2, 0) is 0 Å². The van der Waals surface area contributed by atoms with Gasteiger partial charge in [0, 0.05) is 0 Å². The van der Waals surface area contributed by atoms with Crippen LogP contribution >= 0.6 is 0 Å². The Morgan fingerprint density at radius 3 is 2.85 bits per heavy atom. The number of nitrogens with zero attached hydrogens (tertiary/aromatic N) is 1. The van der Waals surface area contributed by atoms with Gasteiger partial charge in [0.25, 0.3) is 5.91 Å². The van der Waals surface area contributed by atoms with Gasteiger partial charge in [-0.2, -0.15) is 0 Å². The van der Waals surface area contributed by atoms with Gasteiger partial charge in [0.15, 0.2) is 11.5 Å². The molecule has 1 heterocycles. The fraction of sp³-hybridized carbons (Fsp3) is 0.143. The van der Waals surface area contributed by atoms with Gasteiger partial charge in [-0.15, -0.1) is 0 Å². The second-order valence-corrected chi connectivity index (χ2v) is 4.24. The molecule has 1 aromatic carbocycles. The van der Waals surface area contributed by atoms with E-state index in [1.54, 1.807) is 18.2 Å². The molecule has 0 saturated heterocycles. The number of pyridine rings is 1. The van der Waals surface area contributed by atoms with Crippen LogP contribution in [0, 0.1) is 6.92 Å². The zero-order valence-electron chi connectivity index (χ0n) is 11.2. The van der Waals surface area contributed by atoms with Crippen molar-refractivity contribution in [3.63, 3.8) is 0 Å². The van der Waals surface area contributed by atoms with Crippen molar-refractivity contribution < 1.29 is 14.6 Å². The van der Waals surface area contributed by atoms with Crippen LogP contribution in [0.25, 0.3) is 0 Å². The molecule has 4 N–H and O–H groups in total. The van der Waals surface area contributed by atoms with Crippen molar-refractivity contribution in [1.82, 2.24) is 4.98 Å². The van der Waals surface area contributed by atoms with E-state index in [-0.39, 0.29) is 17.1 Å². The molecule has 2 aromatic rings. The highest BCUT2D eigenvalue weighted by atomic mass is 16.5. The molecule has 0 atom stereocenters. The van der Waals surface area contributed by atoms with E-state index in [1.807, 2.05) is 6.92 Å². The summed E-state index contributed by atoms with van der Waals surface area (Å²) in [6.45, 7) is 1.82. The third kappa shape index (κ3) is 2.64. The Balaban J connectivity index is 2.26. The number of hydrogen-bond donors (Lipinski definition) is 3. The maximum Gasteiger partial charge on any atom is 0.260 e. The fourth-order valence-electron chi connectivity index (χ4n) is 1.69. The number of aromatic hydroxyl groups is 1. The molecule has 1 aromatic heterocycles. The topological polar surface area (TPSA) is 97.5 Å². The van der Waals surface area contributed by atoms with E-state index >= 15 is 0 Å². The monoisotopic (exact) mass is 273 g/mol. The minimum absolute atomic E-state index is 0.112. The van der Waals surface area contributed by atoms with Gasteiger partial charge in [-0.25, -0.2) is 4.98 Å². The first-order valence-corrected chi connectivity index (χ1v) is 5.92. The molecule has 0 aliphatic carbocycles. The number of hydrogen-bond acceptors (Lipinski definition) is 5. The molecule has 1 amide bonds. The van der Waals surface area contributed by atoms with Crippen LogP contribution in [0.3, 0.4) is 0 Å². The average molecular weight is 273 g/mol. The van der Waals surface area contributed by atoms with Gasteiger partial charge in [-0.05, 0) is 30.7 Å². The number of carbonyl (C=O) groups excluding carboxylic acids is 1. The van der Waals surface area contributed by atoms with Crippen LogP contribution in [0.1, 0.15) is 15.9 Å². The minimum Gasteiger partial charge on any atom is -0.504 e.